The van der Waals surface area contributed by atoms with Gasteiger partial charge in [-0.25, -0.2) is 90.3 Å². The van der Waals surface area contributed by atoms with Crippen LogP contribution < -0.4 is 10.9 Å². The molecule has 582 valence electrons. The number of aromatic nitrogens is 6. The van der Waals surface area contributed by atoms with E-state index in [1.165, 1.54) is 152 Å². The van der Waals surface area contributed by atoms with Crippen molar-refractivity contribution in [3.8, 4) is 33.4 Å². The smallest absolute Gasteiger partial charge is 0.423 e. The van der Waals surface area contributed by atoms with Crippen LogP contribution >= 0.6 is 68.5 Å². The summed E-state index contributed by atoms with van der Waals surface area (Å²) in [6.07, 6.45) is 9.03. The highest BCUT2D eigenvalue weighted by molar-refractivity contribution is 14.1. The summed E-state index contributed by atoms with van der Waals surface area (Å²) in [5, 5.41) is 44.7. The zero-order chi connectivity index (χ0) is 81.7. The standard InChI is InChI=1S/C26H23N3O4S3.C22H20ClN3O4S2.C14H10ClIN2O2S.C8H12BNO4S.C4H5BO2S/c1-18-7-9-21(10-8-18)36(32,33)29-16-24(19-5-4-6-22(15-19)35(30,31)28(2)3)25-23(11-13-27-26(25)29)20-12-14-34-17-20;1-15-7-9-17(10-8-15)32(29,30)26-14-19(21-20(23)11-12-24-22(21)26)16-5-4-6-18(13-16)31(27,28)25(2)3;1-9-2-4-10(5-3-9)21(19,20)18-8-12(16)13-11(15)6-7-17-14(13)18;1-10(2)15(13,14)8-5-3-4-7(6-8)9(11)12;6-5(7)4-1-2-8-3-4/h4-17H,1-3H3;4-14H,1-3H3;2-8H,1H3;3-6,11-12H,1-2H3;1-3,6-7H. The van der Waals surface area contributed by atoms with Gasteiger partial charge in [0.05, 0.1) is 44.8 Å². The third kappa shape index (κ3) is 18.5. The van der Waals surface area contributed by atoms with Gasteiger partial charge in [0.15, 0.2) is 16.9 Å². The molecule has 0 aliphatic rings. The fraction of sp³-hybridized carbons (Fsp3) is 0.122. The number of thiophene rings is 2. The van der Waals surface area contributed by atoms with Crippen LogP contribution in [0.1, 0.15) is 16.7 Å². The van der Waals surface area contributed by atoms with Crippen LogP contribution in [-0.4, -0.2) is 167 Å². The number of nitrogens with zero attached hydrogens (tertiary/aromatic N) is 9. The van der Waals surface area contributed by atoms with Gasteiger partial charge in [0, 0.05) is 105 Å². The molecule has 0 saturated carbocycles. The Morgan fingerprint density at radius 1 is 0.375 bits per heavy atom. The van der Waals surface area contributed by atoms with E-state index in [-0.39, 0.29) is 46.1 Å². The zero-order valence-corrected chi connectivity index (χ0v) is 71.0. The third-order valence-electron chi connectivity index (χ3n) is 17.0. The Balaban J connectivity index is 0.000000159. The largest absolute Gasteiger partial charge is 0.489 e. The molecule has 0 atom stereocenters. The highest BCUT2D eigenvalue weighted by atomic mass is 127. The Kier molecular flexibility index (Phi) is 27.0. The number of sulfonamides is 3. The second-order valence-electron chi connectivity index (χ2n) is 25.3. The van der Waals surface area contributed by atoms with E-state index in [4.69, 9.17) is 43.3 Å². The van der Waals surface area contributed by atoms with Crippen LogP contribution in [0.15, 0.2) is 264 Å². The van der Waals surface area contributed by atoms with Gasteiger partial charge in [-0.3, -0.25) is 0 Å². The van der Waals surface area contributed by atoms with Gasteiger partial charge in [-0.05, 0) is 195 Å². The fourth-order valence-electron chi connectivity index (χ4n) is 10.9. The molecule has 14 rings (SSSR count). The number of halogens is 3. The van der Waals surface area contributed by atoms with E-state index in [0.29, 0.717) is 59.6 Å². The second kappa shape index (κ2) is 35.2. The molecule has 8 aromatic heterocycles. The van der Waals surface area contributed by atoms with Gasteiger partial charge in [0.1, 0.15) is 0 Å². The minimum absolute atomic E-state index is 0.0399. The first-order valence-corrected chi connectivity index (χ1v) is 45.4. The van der Waals surface area contributed by atoms with Crippen molar-refractivity contribution in [1.29, 1.82) is 0 Å². The van der Waals surface area contributed by atoms with Crippen LogP contribution in [0.4, 0.5) is 0 Å². The summed E-state index contributed by atoms with van der Waals surface area (Å²) in [6.45, 7) is 5.67. The summed E-state index contributed by atoms with van der Waals surface area (Å²) in [7, 11) is -16.8. The summed E-state index contributed by atoms with van der Waals surface area (Å²) < 4.78 is 162. The van der Waals surface area contributed by atoms with Gasteiger partial charge in [-0.2, -0.15) is 22.7 Å². The molecule has 0 spiro atoms. The maximum atomic E-state index is 13.7. The molecule has 0 unspecified atom stereocenters. The van der Waals surface area contributed by atoms with Crippen molar-refractivity contribution in [3.05, 3.63) is 265 Å². The van der Waals surface area contributed by atoms with Gasteiger partial charge in [0.2, 0.25) is 30.1 Å². The van der Waals surface area contributed by atoms with E-state index in [2.05, 4.69) is 37.5 Å². The lowest BCUT2D eigenvalue weighted by molar-refractivity contribution is 0.424. The minimum Gasteiger partial charge on any atom is -0.423 e. The number of hydrogen-bond acceptors (Lipinski definition) is 21. The second-order valence-corrected chi connectivity index (χ2v) is 40.7. The Labute approximate surface area is 681 Å². The van der Waals surface area contributed by atoms with Gasteiger partial charge >= 0.3 is 14.2 Å². The zero-order valence-electron chi connectivity index (χ0n) is 60.8. The number of benzene rings is 6. The van der Waals surface area contributed by atoms with Gasteiger partial charge in [-0.1, -0.05) is 119 Å². The molecule has 4 N–H and O–H groups in total. The molecule has 0 bridgehead atoms. The van der Waals surface area contributed by atoms with E-state index in [9.17, 15) is 50.5 Å². The number of hydrogen-bond donors (Lipinski definition) is 4. The molecule has 8 heterocycles. The maximum absolute atomic E-state index is 13.7. The van der Waals surface area contributed by atoms with E-state index in [1.54, 1.807) is 132 Å². The van der Waals surface area contributed by atoms with Crippen molar-refractivity contribution in [3.63, 3.8) is 0 Å². The van der Waals surface area contributed by atoms with Gasteiger partial charge in [-0.15, -0.1) is 0 Å². The number of fused-ring (bicyclic) bond motifs is 3. The summed E-state index contributed by atoms with van der Waals surface area (Å²) >= 11 is 17.6. The minimum atomic E-state index is -3.98. The first kappa shape index (κ1) is 86.1. The predicted molar refractivity (Wildman–Crippen MR) is 450 cm³/mol. The molecule has 0 aliphatic heterocycles. The van der Waals surface area contributed by atoms with Crippen molar-refractivity contribution < 1.29 is 70.6 Å². The number of rotatable bonds is 17. The van der Waals surface area contributed by atoms with E-state index in [1.807, 2.05) is 43.7 Å². The van der Waals surface area contributed by atoms with Gasteiger partial charge < -0.3 is 20.1 Å². The van der Waals surface area contributed by atoms with Crippen molar-refractivity contribution in [2.45, 2.75) is 50.1 Å². The van der Waals surface area contributed by atoms with E-state index in [0.717, 1.165) is 48.3 Å². The summed E-state index contributed by atoms with van der Waals surface area (Å²) in [4.78, 5) is 13.6. The molecule has 0 amide bonds. The first-order chi connectivity index (χ1) is 52.7. The van der Waals surface area contributed by atoms with Crippen molar-refractivity contribution in [2.75, 3.05) is 42.3 Å². The van der Waals surface area contributed by atoms with Gasteiger partial charge in [0.25, 0.3) is 30.1 Å². The molecule has 0 fully saturated rings. The van der Waals surface area contributed by atoms with Crippen molar-refractivity contribution in [2.24, 2.45) is 0 Å². The lowest BCUT2D eigenvalue weighted by Gasteiger charge is -2.12. The maximum Gasteiger partial charge on any atom is 0.489 e. The van der Waals surface area contributed by atoms with Crippen molar-refractivity contribution in [1.82, 2.24) is 39.8 Å². The molecule has 0 radical (unpaired) electrons. The molecular formula is C74H70B2Cl2IN9O16S8. The Morgan fingerprint density at radius 3 is 1.12 bits per heavy atom. The van der Waals surface area contributed by atoms with Crippen LogP contribution in [0.2, 0.25) is 10.0 Å². The van der Waals surface area contributed by atoms with E-state index >= 15 is 0 Å². The molecule has 112 heavy (non-hydrogen) atoms. The normalized spacial score (nSPS) is 12.1. The molecule has 0 aliphatic carbocycles. The number of pyridine rings is 3. The predicted octanol–water partition coefficient (Wildman–Crippen LogP) is 11.3. The topological polar surface area (TPSA) is 349 Å². The highest BCUT2D eigenvalue weighted by Crippen LogP contribution is 2.41. The highest BCUT2D eigenvalue weighted by Gasteiger charge is 2.30. The molecule has 25 nitrogen and oxygen atoms in total. The van der Waals surface area contributed by atoms with Crippen LogP contribution in [-0.2, 0) is 60.1 Å². The molecular weight excluding hydrogens is 1750 g/mol. The summed E-state index contributed by atoms with van der Waals surface area (Å²) in [6, 6.07) is 46.9. The molecule has 38 heteroatoms. The molecule has 0 saturated heterocycles. The fourth-order valence-corrected chi connectivity index (χ4v) is 20.7. The molecule has 14 aromatic rings. The van der Waals surface area contributed by atoms with Crippen LogP contribution in [0.5, 0.6) is 0 Å². The van der Waals surface area contributed by atoms with Crippen molar-refractivity contribution >= 4 is 187 Å². The lowest BCUT2D eigenvalue weighted by atomic mass is 9.80. The summed E-state index contributed by atoms with van der Waals surface area (Å²) in [5.41, 5.74) is 8.23. The SMILES string of the molecule is CN(C)S(=O)(=O)c1cccc(B(O)O)c1.Cc1ccc(S(=O)(=O)n2cc(-c3cccc(S(=O)(=O)N(C)C)c3)c3c(-c4ccsc4)ccnc32)cc1.Cc1ccc(S(=O)(=O)n2cc(-c3cccc(S(=O)(=O)N(C)C)c3)c3c(Cl)ccnc32)cc1.Cc1ccc(S(=O)(=O)n2cc(I)c3c(Cl)ccnc32)cc1.OB(O)c1ccsc1. The Bertz CT molecular complexity index is 6500. The quantitative estimate of drug-likeness (QED) is 0.0486. The monoisotopic (exact) mass is 1820 g/mol. The third-order valence-corrected chi connectivity index (χ3v) is 30.3. The Hall–Kier alpha value is -8.35. The summed E-state index contributed by atoms with van der Waals surface area (Å²) in [5.74, 6) is 0. The average Bonchev–Trinajstić information content (AvgIpc) is 1.58. The number of aryl methyl sites for hydroxylation is 3. The van der Waals surface area contributed by atoms with Crippen LogP contribution in [0.25, 0.3) is 66.5 Å². The molecule has 6 aromatic carbocycles. The Morgan fingerprint density at radius 2 is 0.732 bits per heavy atom. The van der Waals surface area contributed by atoms with E-state index < -0.39 is 74.4 Å². The average molecular weight is 1820 g/mol. The van der Waals surface area contributed by atoms with Crippen LogP contribution in [0, 0.1) is 24.3 Å². The van der Waals surface area contributed by atoms with Crippen LogP contribution in [0.3, 0.4) is 0 Å². The lowest BCUT2D eigenvalue weighted by Crippen LogP contribution is -2.31. The first-order valence-electron chi connectivity index (χ1n) is 33.0.